The summed E-state index contributed by atoms with van der Waals surface area (Å²) in [6, 6.07) is 7.73. The van der Waals surface area contributed by atoms with Gasteiger partial charge in [-0.25, -0.2) is 0 Å². The van der Waals surface area contributed by atoms with Crippen molar-refractivity contribution in [3.63, 3.8) is 0 Å². The first-order valence-electron chi connectivity index (χ1n) is 7.98. The number of piperidine rings is 1. The molecule has 0 aromatic heterocycles. The van der Waals surface area contributed by atoms with Gasteiger partial charge in [-0.1, -0.05) is 23.7 Å². The predicted molar refractivity (Wildman–Crippen MR) is 85.7 cm³/mol. The summed E-state index contributed by atoms with van der Waals surface area (Å²) in [6.07, 6.45) is 5.16. The molecule has 1 N–H and O–H groups in total. The third-order valence-electron chi connectivity index (χ3n) is 4.59. The van der Waals surface area contributed by atoms with E-state index < -0.39 is 0 Å². The van der Waals surface area contributed by atoms with Crippen LogP contribution in [0.4, 0.5) is 0 Å². The van der Waals surface area contributed by atoms with E-state index in [1.165, 1.54) is 5.56 Å². The van der Waals surface area contributed by atoms with Crippen molar-refractivity contribution in [2.45, 2.75) is 50.6 Å². The number of nitrogens with zero attached hydrogens (tertiary/aromatic N) is 1. The molecular formula is C17H21ClN2O2. The van der Waals surface area contributed by atoms with Gasteiger partial charge in [0.15, 0.2) is 0 Å². The summed E-state index contributed by atoms with van der Waals surface area (Å²) in [7, 11) is 0. The number of rotatable bonds is 3. The van der Waals surface area contributed by atoms with E-state index in [1.807, 2.05) is 29.2 Å². The molecule has 0 saturated carbocycles. The molecule has 2 fully saturated rings. The lowest BCUT2D eigenvalue weighted by Crippen LogP contribution is -2.51. The van der Waals surface area contributed by atoms with E-state index in [4.69, 9.17) is 11.6 Å². The molecule has 0 aliphatic carbocycles. The van der Waals surface area contributed by atoms with Crippen molar-refractivity contribution in [2.24, 2.45) is 0 Å². The molecule has 2 heterocycles. The third-order valence-corrected chi connectivity index (χ3v) is 4.84. The van der Waals surface area contributed by atoms with Crippen molar-refractivity contribution < 1.29 is 9.59 Å². The Bertz CT molecular complexity index is 558. The average Bonchev–Trinajstić information content (AvgIpc) is 2.96. The lowest BCUT2D eigenvalue weighted by Gasteiger charge is -2.37. The van der Waals surface area contributed by atoms with Gasteiger partial charge in [-0.3, -0.25) is 9.59 Å². The van der Waals surface area contributed by atoms with Gasteiger partial charge in [0.1, 0.15) is 6.04 Å². The first-order valence-corrected chi connectivity index (χ1v) is 8.35. The Balaban J connectivity index is 1.69. The maximum absolute atomic E-state index is 12.7. The molecule has 2 aliphatic rings. The fourth-order valence-corrected chi connectivity index (χ4v) is 3.52. The van der Waals surface area contributed by atoms with Crippen LogP contribution in [0.2, 0.25) is 5.02 Å². The van der Waals surface area contributed by atoms with Crippen LogP contribution in [-0.4, -0.2) is 35.3 Å². The number of hydrogen-bond donors (Lipinski definition) is 1. The molecule has 5 heteroatoms. The highest BCUT2D eigenvalue weighted by molar-refractivity contribution is 6.30. The summed E-state index contributed by atoms with van der Waals surface area (Å²) in [5, 5.41) is 3.53. The average molecular weight is 321 g/mol. The first kappa shape index (κ1) is 15.3. The molecule has 2 atom stereocenters. The van der Waals surface area contributed by atoms with Crippen LogP contribution in [0.15, 0.2) is 24.3 Å². The van der Waals surface area contributed by atoms with Gasteiger partial charge in [0.25, 0.3) is 0 Å². The molecule has 1 aromatic rings. The molecule has 2 saturated heterocycles. The maximum atomic E-state index is 12.7. The van der Waals surface area contributed by atoms with Crippen molar-refractivity contribution >= 4 is 23.4 Å². The van der Waals surface area contributed by atoms with E-state index in [-0.39, 0.29) is 23.9 Å². The second kappa shape index (κ2) is 6.69. The zero-order valence-electron chi connectivity index (χ0n) is 12.6. The van der Waals surface area contributed by atoms with E-state index in [2.05, 4.69) is 5.32 Å². The quantitative estimate of drug-likeness (QED) is 0.930. The molecule has 118 valence electrons. The maximum Gasteiger partial charge on any atom is 0.245 e. The molecule has 3 rings (SSSR count). The number of hydrogen-bond acceptors (Lipinski definition) is 2. The summed E-state index contributed by atoms with van der Waals surface area (Å²) in [6.45, 7) is 0.795. The molecule has 22 heavy (non-hydrogen) atoms. The minimum Gasteiger partial charge on any atom is -0.344 e. The molecule has 1 aromatic carbocycles. The zero-order chi connectivity index (χ0) is 15.5. The minimum absolute atomic E-state index is 0.00962. The van der Waals surface area contributed by atoms with Gasteiger partial charge in [-0.15, -0.1) is 0 Å². The van der Waals surface area contributed by atoms with Crippen LogP contribution in [0.1, 0.15) is 37.7 Å². The number of likely N-dealkylation sites (tertiary alicyclic amines) is 1. The van der Waals surface area contributed by atoms with Gasteiger partial charge < -0.3 is 10.2 Å². The molecule has 0 spiro atoms. The summed E-state index contributed by atoms with van der Waals surface area (Å²) < 4.78 is 0. The highest BCUT2D eigenvalue weighted by Crippen LogP contribution is 2.24. The van der Waals surface area contributed by atoms with Crippen LogP contribution >= 0.6 is 11.6 Å². The second-order valence-corrected chi connectivity index (χ2v) is 6.61. The van der Waals surface area contributed by atoms with E-state index in [0.29, 0.717) is 12.8 Å². The molecule has 4 nitrogen and oxygen atoms in total. The van der Waals surface area contributed by atoms with E-state index in [0.717, 1.165) is 37.3 Å². The monoisotopic (exact) mass is 320 g/mol. The van der Waals surface area contributed by atoms with E-state index >= 15 is 0 Å². The van der Waals surface area contributed by atoms with Gasteiger partial charge >= 0.3 is 0 Å². The Labute approximate surface area is 135 Å². The van der Waals surface area contributed by atoms with Crippen molar-refractivity contribution in [1.82, 2.24) is 10.2 Å². The lowest BCUT2D eigenvalue weighted by atomic mass is 9.94. The molecule has 2 aliphatic heterocycles. The molecule has 2 unspecified atom stereocenters. The third kappa shape index (κ3) is 3.43. The van der Waals surface area contributed by atoms with Gasteiger partial charge in [-0.2, -0.15) is 0 Å². The van der Waals surface area contributed by atoms with Gasteiger partial charge in [-0.05, 0) is 49.8 Å². The second-order valence-electron chi connectivity index (χ2n) is 6.17. The first-order chi connectivity index (χ1) is 10.6. The number of halogens is 1. The smallest absolute Gasteiger partial charge is 0.245 e. The molecule has 0 radical (unpaired) electrons. The Morgan fingerprint density at radius 1 is 1.23 bits per heavy atom. The highest BCUT2D eigenvalue weighted by Gasteiger charge is 2.34. The fourth-order valence-electron chi connectivity index (χ4n) is 3.39. The summed E-state index contributed by atoms with van der Waals surface area (Å²) in [4.78, 5) is 26.0. The highest BCUT2D eigenvalue weighted by atomic mass is 35.5. The van der Waals surface area contributed by atoms with Crippen LogP contribution in [-0.2, 0) is 16.0 Å². The minimum atomic E-state index is -0.321. The summed E-state index contributed by atoms with van der Waals surface area (Å²) in [5.74, 6) is 0.0779. The van der Waals surface area contributed by atoms with Gasteiger partial charge in [0.2, 0.25) is 11.8 Å². The Hall–Kier alpha value is -1.55. The van der Waals surface area contributed by atoms with Crippen LogP contribution in [0.3, 0.4) is 0 Å². The van der Waals surface area contributed by atoms with Gasteiger partial charge in [0.05, 0.1) is 0 Å². The number of nitrogens with one attached hydrogen (secondary N) is 1. The Kier molecular flexibility index (Phi) is 4.67. The normalized spacial score (nSPS) is 25.1. The van der Waals surface area contributed by atoms with Crippen LogP contribution in [0, 0.1) is 0 Å². The van der Waals surface area contributed by atoms with Crippen molar-refractivity contribution in [2.75, 3.05) is 6.54 Å². The van der Waals surface area contributed by atoms with E-state index in [9.17, 15) is 9.59 Å². The van der Waals surface area contributed by atoms with Crippen LogP contribution in [0.25, 0.3) is 0 Å². The Morgan fingerprint density at radius 3 is 2.68 bits per heavy atom. The van der Waals surface area contributed by atoms with Crippen LogP contribution in [0.5, 0.6) is 0 Å². The SMILES string of the molecule is O=C1CCC(C(=O)N2CCCCC2Cc2ccc(Cl)cc2)N1. The molecular weight excluding hydrogens is 300 g/mol. The van der Waals surface area contributed by atoms with E-state index in [1.54, 1.807) is 0 Å². The van der Waals surface area contributed by atoms with Gasteiger partial charge in [0, 0.05) is 24.0 Å². The largest absolute Gasteiger partial charge is 0.344 e. The topological polar surface area (TPSA) is 49.4 Å². The molecule has 0 bridgehead atoms. The molecule has 2 amide bonds. The van der Waals surface area contributed by atoms with Crippen molar-refractivity contribution in [1.29, 1.82) is 0 Å². The lowest BCUT2D eigenvalue weighted by molar-refractivity contribution is -0.137. The zero-order valence-corrected chi connectivity index (χ0v) is 13.3. The summed E-state index contributed by atoms with van der Waals surface area (Å²) >= 11 is 5.93. The van der Waals surface area contributed by atoms with Crippen molar-refractivity contribution in [3.8, 4) is 0 Å². The predicted octanol–water partition coefficient (Wildman–Crippen LogP) is 2.54. The number of carbonyl (C=O) groups excluding carboxylic acids is 2. The fraction of sp³-hybridized carbons (Fsp3) is 0.529. The Morgan fingerprint density at radius 2 is 2.00 bits per heavy atom. The number of carbonyl (C=O) groups is 2. The summed E-state index contributed by atoms with van der Waals surface area (Å²) in [5.41, 5.74) is 1.20. The van der Waals surface area contributed by atoms with Crippen molar-refractivity contribution in [3.05, 3.63) is 34.9 Å². The standard InChI is InChI=1S/C17H21ClN2O2/c18-13-6-4-12(5-7-13)11-14-3-1-2-10-20(14)17(22)15-8-9-16(21)19-15/h4-7,14-15H,1-3,8-11H2,(H,19,21). The van der Waals surface area contributed by atoms with Crippen LogP contribution < -0.4 is 5.32 Å². The number of benzene rings is 1. The number of amides is 2.